The molecule has 3 aromatic rings. The van der Waals surface area contributed by atoms with E-state index in [1.807, 2.05) is 18.2 Å². The molecule has 0 saturated heterocycles. The molecule has 2 N–H and O–H groups in total. The fourth-order valence-electron chi connectivity index (χ4n) is 1.59. The summed E-state index contributed by atoms with van der Waals surface area (Å²) in [5.74, 6) is -2.11. The summed E-state index contributed by atoms with van der Waals surface area (Å²) in [6.07, 6.45) is 0. The van der Waals surface area contributed by atoms with Crippen LogP contribution in [0.3, 0.4) is 0 Å². The van der Waals surface area contributed by atoms with Gasteiger partial charge in [0.1, 0.15) is 5.03 Å². The van der Waals surface area contributed by atoms with E-state index < -0.39 is 11.6 Å². The molecule has 0 radical (unpaired) electrons. The molecule has 0 amide bonds. The molecule has 2 heterocycles. The average molecular weight is 306 g/mol. The van der Waals surface area contributed by atoms with E-state index in [1.54, 1.807) is 12.1 Å². The number of hydrogen-bond donors (Lipinski definition) is 1. The van der Waals surface area contributed by atoms with Gasteiger partial charge in [-0.25, -0.2) is 13.8 Å². The minimum absolute atomic E-state index is 0.0964. The lowest BCUT2D eigenvalue weighted by atomic mass is 10.3. The molecule has 1 aromatic carbocycles. The van der Waals surface area contributed by atoms with Crippen LogP contribution < -0.4 is 5.73 Å². The third-order valence-corrected chi connectivity index (χ3v) is 3.47. The lowest BCUT2D eigenvalue weighted by molar-refractivity contribution is 0.552. The number of hydrogen-bond acceptors (Lipinski definition) is 6. The van der Waals surface area contributed by atoms with Gasteiger partial charge in [0.25, 0.3) is 0 Å². The van der Waals surface area contributed by atoms with Crippen LogP contribution in [-0.4, -0.2) is 25.2 Å². The summed E-state index contributed by atoms with van der Waals surface area (Å²) in [6.45, 7) is 0. The van der Waals surface area contributed by atoms with Crippen LogP contribution in [0.4, 0.5) is 14.6 Å². The Bertz CT molecular complexity index is 777. The van der Waals surface area contributed by atoms with Crippen molar-refractivity contribution in [1.29, 1.82) is 0 Å². The topological polar surface area (TPSA) is 82.5 Å². The van der Waals surface area contributed by atoms with Gasteiger partial charge in [-0.2, -0.15) is 4.68 Å². The summed E-state index contributed by atoms with van der Waals surface area (Å²) in [6, 6.07) is 9.76. The van der Waals surface area contributed by atoms with Crippen LogP contribution in [0.25, 0.3) is 5.69 Å². The second kappa shape index (κ2) is 5.44. The molecule has 9 heteroatoms. The first kappa shape index (κ1) is 13.4. The van der Waals surface area contributed by atoms with Crippen molar-refractivity contribution in [3.05, 3.63) is 48.0 Å². The molecule has 3 rings (SSSR count). The minimum atomic E-state index is -0.903. The van der Waals surface area contributed by atoms with Crippen LogP contribution in [0.1, 0.15) is 0 Å². The highest BCUT2D eigenvalue weighted by atomic mass is 32.2. The van der Waals surface area contributed by atoms with Crippen LogP contribution in [0.2, 0.25) is 0 Å². The first-order chi connectivity index (χ1) is 10.1. The van der Waals surface area contributed by atoms with Crippen molar-refractivity contribution in [3.63, 3.8) is 0 Å². The van der Waals surface area contributed by atoms with Crippen molar-refractivity contribution >= 4 is 17.6 Å². The maximum atomic E-state index is 13.7. The van der Waals surface area contributed by atoms with E-state index in [4.69, 9.17) is 5.73 Å². The van der Waals surface area contributed by atoms with E-state index in [0.29, 0.717) is 16.9 Å². The molecular weight excluding hydrogens is 298 g/mol. The number of halogens is 2. The molecule has 0 spiro atoms. The van der Waals surface area contributed by atoms with E-state index in [2.05, 4.69) is 20.5 Å². The Morgan fingerprint density at radius 3 is 2.62 bits per heavy atom. The highest BCUT2D eigenvalue weighted by molar-refractivity contribution is 7.99. The summed E-state index contributed by atoms with van der Waals surface area (Å²) in [7, 11) is 0. The summed E-state index contributed by atoms with van der Waals surface area (Å²) < 4.78 is 28.2. The van der Waals surface area contributed by atoms with Crippen LogP contribution in [0.15, 0.2) is 46.6 Å². The van der Waals surface area contributed by atoms with Crippen LogP contribution in [0.5, 0.6) is 0 Å². The number of rotatable bonds is 3. The van der Waals surface area contributed by atoms with Crippen molar-refractivity contribution < 1.29 is 8.78 Å². The number of pyridine rings is 1. The molecule has 106 valence electrons. The van der Waals surface area contributed by atoms with Gasteiger partial charge in [0.2, 0.25) is 5.16 Å². The largest absolute Gasteiger partial charge is 0.381 e. The van der Waals surface area contributed by atoms with Gasteiger partial charge in [-0.05, 0) is 34.3 Å². The third-order valence-electron chi connectivity index (χ3n) is 2.55. The lowest BCUT2D eigenvalue weighted by Gasteiger charge is -2.05. The number of para-hydroxylation sites is 1. The highest BCUT2D eigenvalue weighted by Gasteiger charge is 2.16. The fourth-order valence-corrected chi connectivity index (χ4v) is 2.37. The zero-order chi connectivity index (χ0) is 14.8. The predicted molar refractivity (Wildman–Crippen MR) is 71.8 cm³/mol. The van der Waals surface area contributed by atoms with Gasteiger partial charge < -0.3 is 5.73 Å². The third kappa shape index (κ3) is 2.68. The molecule has 2 aromatic heterocycles. The quantitative estimate of drug-likeness (QED) is 0.797. The zero-order valence-electron chi connectivity index (χ0n) is 10.4. The maximum Gasteiger partial charge on any atom is 0.220 e. The van der Waals surface area contributed by atoms with E-state index in [0.717, 1.165) is 11.8 Å². The fraction of sp³-hybridized carbons (Fsp3) is 0. The van der Waals surface area contributed by atoms with Crippen molar-refractivity contribution in [3.8, 4) is 5.69 Å². The number of nitrogens with zero attached hydrogens (tertiary/aromatic N) is 5. The Hall–Kier alpha value is -2.55. The van der Waals surface area contributed by atoms with Gasteiger partial charge in [0.05, 0.1) is 5.69 Å². The maximum absolute atomic E-state index is 13.7. The monoisotopic (exact) mass is 306 g/mol. The molecule has 21 heavy (non-hydrogen) atoms. The van der Waals surface area contributed by atoms with E-state index in [1.165, 1.54) is 4.68 Å². The van der Waals surface area contributed by atoms with Crippen LogP contribution >= 0.6 is 11.8 Å². The summed E-state index contributed by atoms with van der Waals surface area (Å²) in [5, 5.41) is 11.4. The van der Waals surface area contributed by atoms with Gasteiger partial charge in [0.15, 0.2) is 17.5 Å². The number of aromatic nitrogens is 5. The minimum Gasteiger partial charge on any atom is -0.381 e. The molecule has 0 unspecified atom stereocenters. The molecule has 6 nitrogen and oxygen atoms in total. The molecule has 0 aliphatic heterocycles. The first-order valence-corrected chi connectivity index (χ1v) is 6.60. The predicted octanol–water partition coefficient (Wildman–Crippen LogP) is 2.07. The molecule has 0 aliphatic carbocycles. The number of benzene rings is 1. The SMILES string of the molecule is Nc1nc(Sc2nnnn2-c2ccccc2)c(F)cc1F. The number of anilines is 1. The summed E-state index contributed by atoms with van der Waals surface area (Å²) in [4.78, 5) is 3.66. The Kier molecular flexibility index (Phi) is 3.48. The summed E-state index contributed by atoms with van der Waals surface area (Å²) >= 11 is 0.859. The molecule has 0 atom stereocenters. The Morgan fingerprint density at radius 1 is 1.10 bits per heavy atom. The standard InChI is InChI=1S/C12H8F2N6S/c13-8-6-9(14)11(16-10(8)15)21-12-17-18-19-20(12)7-4-2-1-3-5-7/h1-6H,(H2,15,16). The van der Waals surface area contributed by atoms with Crippen molar-refractivity contribution in [2.45, 2.75) is 10.2 Å². The van der Waals surface area contributed by atoms with Gasteiger partial charge in [-0.1, -0.05) is 18.2 Å². The van der Waals surface area contributed by atoms with E-state index in [9.17, 15) is 8.78 Å². The van der Waals surface area contributed by atoms with Crippen LogP contribution in [-0.2, 0) is 0 Å². The van der Waals surface area contributed by atoms with E-state index >= 15 is 0 Å². The smallest absolute Gasteiger partial charge is 0.220 e. The molecule has 0 fully saturated rings. The second-order valence-corrected chi connectivity index (χ2v) is 4.91. The Morgan fingerprint density at radius 2 is 1.86 bits per heavy atom. The summed E-state index contributed by atoms with van der Waals surface area (Å²) in [5.41, 5.74) is 6.05. The molecule has 0 aliphatic rings. The average Bonchev–Trinajstić information content (AvgIpc) is 2.94. The highest BCUT2D eigenvalue weighted by Crippen LogP contribution is 2.29. The van der Waals surface area contributed by atoms with Gasteiger partial charge in [0, 0.05) is 6.07 Å². The number of tetrazole rings is 1. The molecule has 0 saturated carbocycles. The second-order valence-electron chi connectivity index (χ2n) is 3.95. The van der Waals surface area contributed by atoms with Gasteiger partial charge in [-0.15, -0.1) is 5.10 Å². The number of nitrogens with two attached hydrogens (primary N) is 1. The Labute approximate surface area is 122 Å². The van der Waals surface area contributed by atoms with Gasteiger partial charge in [-0.3, -0.25) is 0 Å². The van der Waals surface area contributed by atoms with Crippen molar-refractivity contribution in [2.75, 3.05) is 5.73 Å². The van der Waals surface area contributed by atoms with Crippen molar-refractivity contribution in [1.82, 2.24) is 25.2 Å². The van der Waals surface area contributed by atoms with Gasteiger partial charge >= 0.3 is 0 Å². The van der Waals surface area contributed by atoms with Crippen LogP contribution in [0, 0.1) is 11.6 Å². The van der Waals surface area contributed by atoms with Crippen molar-refractivity contribution in [2.24, 2.45) is 0 Å². The molecule has 0 bridgehead atoms. The molecular formula is C12H8F2N6S. The lowest BCUT2D eigenvalue weighted by Crippen LogP contribution is -2.01. The normalized spacial score (nSPS) is 10.8. The van der Waals surface area contributed by atoms with E-state index in [-0.39, 0.29) is 10.8 Å². The Balaban J connectivity index is 1.97. The number of nitrogen functional groups attached to an aromatic ring is 1. The first-order valence-electron chi connectivity index (χ1n) is 5.78. The zero-order valence-corrected chi connectivity index (χ0v) is 11.3.